The zero-order chi connectivity index (χ0) is 17.5. The van der Waals surface area contributed by atoms with Crippen LogP contribution in [0, 0.1) is 12.7 Å². The van der Waals surface area contributed by atoms with Crippen LogP contribution in [0.4, 0.5) is 4.39 Å². The maximum Gasteiger partial charge on any atom is 0.269 e. The molecule has 0 radical (unpaired) electrons. The van der Waals surface area contributed by atoms with E-state index >= 15 is 0 Å². The standard InChI is InChI=1S/C17H22FN3O3/c1-4-23-8-9-24-15-7-5-6-13(16(15)18)11-19-17(22)14-10-12(2)20-21(14)3/h5-7,10H,4,8-9,11H2,1-3H3,(H,19,22). The SMILES string of the molecule is CCOCCOc1cccc(CNC(=O)c2cc(C)nn2C)c1F. The molecule has 24 heavy (non-hydrogen) atoms. The Morgan fingerprint density at radius 2 is 2.17 bits per heavy atom. The zero-order valence-corrected chi connectivity index (χ0v) is 14.1. The van der Waals surface area contributed by atoms with Gasteiger partial charge in [-0.05, 0) is 26.0 Å². The van der Waals surface area contributed by atoms with Crippen LogP contribution in [0.15, 0.2) is 24.3 Å². The summed E-state index contributed by atoms with van der Waals surface area (Å²) < 4.78 is 26.4. The van der Waals surface area contributed by atoms with Gasteiger partial charge in [-0.15, -0.1) is 0 Å². The first kappa shape index (κ1) is 17.9. The average Bonchev–Trinajstić information content (AvgIpc) is 2.90. The molecule has 2 aromatic rings. The van der Waals surface area contributed by atoms with E-state index in [4.69, 9.17) is 9.47 Å². The van der Waals surface area contributed by atoms with Gasteiger partial charge >= 0.3 is 0 Å². The van der Waals surface area contributed by atoms with Crippen molar-refractivity contribution in [1.82, 2.24) is 15.1 Å². The molecule has 0 bridgehead atoms. The summed E-state index contributed by atoms with van der Waals surface area (Å²) in [6, 6.07) is 6.53. The van der Waals surface area contributed by atoms with Gasteiger partial charge in [-0.25, -0.2) is 4.39 Å². The molecule has 1 N–H and O–H groups in total. The van der Waals surface area contributed by atoms with Crippen LogP contribution in [0.3, 0.4) is 0 Å². The Balaban J connectivity index is 1.97. The van der Waals surface area contributed by atoms with Crippen LogP contribution in [0.25, 0.3) is 0 Å². The Morgan fingerprint density at radius 1 is 1.38 bits per heavy atom. The number of benzene rings is 1. The number of hydrogen-bond acceptors (Lipinski definition) is 4. The first-order chi connectivity index (χ1) is 11.5. The molecule has 0 unspecified atom stereocenters. The van der Waals surface area contributed by atoms with Gasteiger partial charge in [-0.2, -0.15) is 5.10 Å². The van der Waals surface area contributed by atoms with Crippen LogP contribution >= 0.6 is 0 Å². The molecule has 0 saturated carbocycles. The molecule has 0 fully saturated rings. The van der Waals surface area contributed by atoms with E-state index in [2.05, 4.69) is 10.4 Å². The number of hydrogen-bond donors (Lipinski definition) is 1. The van der Waals surface area contributed by atoms with Gasteiger partial charge in [0.05, 0.1) is 12.3 Å². The van der Waals surface area contributed by atoms with E-state index in [0.717, 1.165) is 5.69 Å². The molecular weight excluding hydrogens is 313 g/mol. The van der Waals surface area contributed by atoms with Gasteiger partial charge in [0.25, 0.3) is 5.91 Å². The summed E-state index contributed by atoms with van der Waals surface area (Å²) in [6.45, 7) is 5.02. The van der Waals surface area contributed by atoms with Crippen LogP contribution < -0.4 is 10.1 Å². The number of aromatic nitrogens is 2. The van der Waals surface area contributed by atoms with Crippen molar-refractivity contribution >= 4 is 5.91 Å². The van der Waals surface area contributed by atoms with Crippen molar-refractivity contribution in [1.29, 1.82) is 0 Å². The van der Waals surface area contributed by atoms with E-state index in [9.17, 15) is 9.18 Å². The molecule has 130 valence electrons. The molecule has 0 spiro atoms. The van der Waals surface area contributed by atoms with Crippen molar-refractivity contribution in [2.75, 3.05) is 19.8 Å². The van der Waals surface area contributed by atoms with Crippen LogP contribution in [0.1, 0.15) is 28.7 Å². The topological polar surface area (TPSA) is 65.4 Å². The Hall–Kier alpha value is -2.41. The highest BCUT2D eigenvalue weighted by molar-refractivity contribution is 5.92. The summed E-state index contributed by atoms with van der Waals surface area (Å²) in [5.74, 6) is -0.631. The number of amides is 1. The maximum atomic E-state index is 14.4. The van der Waals surface area contributed by atoms with Gasteiger partial charge in [0.1, 0.15) is 12.3 Å². The molecule has 7 heteroatoms. The Morgan fingerprint density at radius 3 is 2.83 bits per heavy atom. The monoisotopic (exact) mass is 335 g/mol. The number of aryl methyl sites for hydroxylation is 2. The molecule has 1 heterocycles. The number of rotatable bonds is 8. The van der Waals surface area contributed by atoms with Gasteiger partial charge in [0.2, 0.25) is 0 Å². The number of halogens is 1. The van der Waals surface area contributed by atoms with Crippen molar-refractivity contribution in [2.45, 2.75) is 20.4 Å². The predicted molar refractivity (Wildman–Crippen MR) is 87.5 cm³/mol. The van der Waals surface area contributed by atoms with Crippen molar-refractivity contribution < 1.29 is 18.7 Å². The minimum atomic E-state index is -0.476. The molecule has 1 amide bonds. The lowest BCUT2D eigenvalue weighted by molar-refractivity contribution is 0.0941. The number of ether oxygens (including phenoxy) is 2. The minimum absolute atomic E-state index is 0.0670. The number of carbonyl (C=O) groups excluding carboxylic acids is 1. The molecule has 0 aliphatic carbocycles. The fourth-order valence-electron chi connectivity index (χ4n) is 2.25. The molecule has 0 aliphatic rings. The lowest BCUT2D eigenvalue weighted by Gasteiger charge is -2.11. The molecule has 1 aromatic carbocycles. The van der Waals surface area contributed by atoms with Crippen molar-refractivity contribution in [3.63, 3.8) is 0 Å². The molecule has 6 nitrogen and oxygen atoms in total. The quantitative estimate of drug-likeness (QED) is 0.751. The van der Waals surface area contributed by atoms with E-state index in [1.165, 1.54) is 4.68 Å². The Labute approximate surface area is 140 Å². The summed E-state index contributed by atoms with van der Waals surface area (Å²) in [4.78, 5) is 12.2. The summed E-state index contributed by atoms with van der Waals surface area (Å²) >= 11 is 0. The molecule has 2 rings (SSSR count). The highest BCUT2D eigenvalue weighted by Crippen LogP contribution is 2.20. The largest absolute Gasteiger partial charge is 0.488 e. The first-order valence-electron chi connectivity index (χ1n) is 7.79. The number of nitrogens with one attached hydrogen (secondary N) is 1. The van der Waals surface area contributed by atoms with Crippen LogP contribution in [0.5, 0.6) is 5.75 Å². The summed E-state index contributed by atoms with van der Waals surface area (Å²) in [7, 11) is 1.69. The van der Waals surface area contributed by atoms with E-state index < -0.39 is 5.82 Å². The highest BCUT2D eigenvalue weighted by Gasteiger charge is 2.14. The lowest BCUT2D eigenvalue weighted by Crippen LogP contribution is -2.25. The number of carbonyl (C=O) groups is 1. The predicted octanol–water partition coefficient (Wildman–Crippen LogP) is 2.21. The fourth-order valence-corrected chi connectivity index (χ4v) is 2.25. The molecule has 1 aromatic heterocycles. The Bertz CT molecular complexity index is 700. The zero-order valence-electron chi connectivity index (χ0n) is 14.1. The molecule has 0 atom stereocenters. The second kappa shape index (κ2) is 8.44. The van der Waals surface area contributed by atoms with Gasteiger partial charge in [0, 0.05) is 25.8 Å². The second-order valence-corrected chi connectivity index (χ2v) is 5.25. The minimum Gasteiger partial charge on any atom is -0.488 e. The molecule has 0 saturated heterocycles. The van der Waals surface area contributed by atoms with Crippen molar-refractivity contribution in [3.05, 3.63) is 47.0 Å². The average molecular weight is 335 g/mol. The van der Waals surface area contributed by atoms with Crippen LogP contribution in [-0.2, 0) is 18.3 Å². The van der Waals surface area contributed by atoms with E-state index in [1.807, 2.05) is 6.92 Å². The summed E-state index contributed by atoms with van der Waals surface area (Å²) in [6.07, 6.45) is 0. The van der Waals surface area contributed by atoms with Crippen molar-refractivity contribution in [2.24, 2.45) is 7.05 Å². The van der Waals surface area contributed by atoms with Crippen LogP contribution in [-0.4, -0.2) is 35.5 Å². The normalized spacial score (nSPS) is 10.7. The molecule has 0 aliphatic heterocycles. The smallest absolute Gasteiger partial charge is 0.269 e. The Kier molecular flexibility index (Phi) is 6.31. The van der Waals surface area contributed by atoms with E-state index in [-0.39, 0.29) is 24.8 Å². The van der Waals surface area contributed by atoms with E-state index in [0.29, 0.717) is 24.5 Å². The second-order valence-electron chi connectivity index (χ2n) is 5.25. The third-order valence-electron chi connectivity index (χ3n) is 3.41. The van der Waals surface area contributed by atoms with Gasteiger partial charge in [-0.3, -0.25) is 9.48 Å². The molecular formula is C17H22FN3O3. The third-order valence-corrected chi connectivity index (χ3v) is 3.41. The summed E-state index contributed by atoms with van der Waals surface area (Å²) in [5.41, 5.74) is 1.53. The van der Waals surface area contributed by atoms with Gasteiger partial charge in [0.15, 0.2) is 11.6 Å². The maximum absolute atomic E-state index is 14.4. The van der Waals surface area contributed by atoms with Gasteiger partial charge in [-0.1, -0.05) is 12.1 Å². The van der Waals surface area contributed by atoms with E-state index in [1.54, 1.807) is 38.2 Å². The lowest BCUT2D eigenvalue weighted by atomic mass is 10.2. The van der Waals surface area contributed by atoms with Crippen molar-refractivity contribution in [3.8, 4) is 5.75 Å². The third kappa shape index (κ3) is 4.55. The number of nitrogens with zero attached hydrogens (tertiary/aromatic N) is 2. The summed E-state index contributed by atoms with van der Waals surface area (Å²) in [5, 5.41) is 6.81. The van der Waals surface area contributed by atoms with Crippen LogP contribution in [0.2, 0.25) is 0 Å². The fraction of sp³-hybridized carbons (Fsp3) is 0.412. The van der Waals surface area contributed by atoms with Gasteiger partial charge < -0.3 is 14.8 Å². The first-order valence-corrected chi connectivity index (χ1v) is 7.79. The highest BCUT2D eigenvalue weighted by atomic mass is 19.1.